The van der Waals surface area contributed by atoms with Gasteiger partial charge in [-0.05, 0) is 42.8 Å². The number of aromatic nitrogens is 5. The minimum absolute atomic E-state index is 0.0157. The number of hydrogen-bond donors (Lipinski definition) is 1. The predicted molar refractivity (Wildman–Crippen MR) is 110 cm³/mol. The summed E-state index contributed by atoms with van der Waals surface area (Å²) < 4.78 is 3.60. The summed E-state index contributed by atoms with van der Waals surface area (Å²) in [7, 11) is 0. The molecule has 9 heteroatoms. The maximum Gasteiger partial charge on any atom is 0.291 e. The molecule has 4 heterocycles. The molecule has 0 saturated carbocycles. The zero-order valence-corrected chi connectivity index (χ0v) is 16.2. The molecule has 0 spiro atoms. The quantitative estimate of drug-likeness (QED) is 0.562. The Hall–Kier alpha value is -3.39. The van der Waals surface area contributed by atoms with E-state index in [-0.39, 0.29) is 17.8 Å². The second-order valence-corrected chi connectivity index (χ2v) is 7.38. The van der Waals surface area contributed by atoms with Crippen LogP contribution in [-0.4, -0.2) is 49.2 Å². The first-order valence-electron chi connectivity index (χ1n) is 9.32. The summed E-state index contributed by atoms with van der Waals surface area (Å²) in [5.41, 5.74) is 1.85. The van der Waals surface area contributed by atoms with Gasteiger partial charge in [0.15, 0.2) is 5.82 Å². The molecular weight excluding hydrogens is 390 g/mol. The molecule has 8 nitrogen and oxygen atoms in total. The molecule has 1 fully saturated rings. The highest BCUT2D eigenvalue weighted by Gasteiger charge is 2.27. The van der Waals surface area contributed by atoms with Crippen molar-refractivity contribution in [2.45, 2.75) is 12.5 Å². The van der Waals surface area contributed by atoms with E-state index < -0.39 is 0 Å². The monoisotopic (exact) mass is 407 g/mol. The number of carbonyl (C=O) groups excluding carboxylic acids is 1. The number of anilines is 1. The molecule has 29 heavy (non-hydrogen) atoms. The highest BCUT2D eigenvalue weighted by Crippen LogP contribution is 2.23. The van der Waals surface area contributed by atoms with Crippen molar-refractivity contribution in [2.75, 3.05) is 18.0 Å². The van der Waals surface area contributed by atoms with E-state index in [9.17, 15) is 4.79 Å². The summed E-state index contributed by atoms with van der Waals surface area (Å²) in [5, 5.41) is 7.96. The first-order valence-corrected chi connectivity index (χ1v) is 9.70. The van der Waals surface area contributed by atoms with Gasteiger partial charge in [-0.15, -0.1) is 5.10 Å². The number of fused-ring (bicyclic) bond motifs is 1. The molecule has 0 aliphatic carbocycles. The Kier molecular flexibility index (Phi) is 4.40. The van der Waals surface area contributed by atoms with E-state index in [1.165, 1.54) is 6.33 Å². The number of nitrogens with one attached hydrogen (secondary N) is 1. The summed E-state index contributed by atoms with van der Waals surface area (Å²) in [6.07, 6.45) is 8.08. The summed E-state index contributed by atoms with van der Waals surface area (Å²) >= 11 is 5.91. The fourth-order valence-electron chi connectivity index (χ4n) is 3.60. The number of benzene rings is 1. The number of amides is 1. The van der Waals surface area contributed by atoms with Gasteiger partial charge in [0.05, 0.1) is 11.2 Å². The van der Waals surface area contributed by atoms with Crippen LogP contribution in [0.4, 0.5) is 5.82 Å². The van der Waals surface area contributed by atoms with Crippen LogP contribution in [0.5, 0.6) is 0 Å². The summed E-state index contributed by atoms with van der Waals surface area (Å²) in [4.78, 5) is 23.5. The minimum atomic E-state index is -0.279. The van der Waals surface area contributed by atoms with Crippen molar-refractivity contribution in [3.63, 3.8) is 0 Å². The molecule has 1 aromatic carbocycles. The van der Waals surface area contributed by atoms with Crippen LogP contribution < -0.4 is 10.2 Å². The van der Waals surface area contributed by atoms with E-state index in [2.05, 4.69) is 25.3 Å². The number of halogens is 1. The lowest BCUT2D eigenvalue weighted by atomic mass is 10.2. The standard InChI is InChI=1S/C20H18ClN7O/c21-14-3-5-16(6-4-14)28-13-23-18(25-28)20(29)24-15-7-10-27(12-15)19-17-2-1-9-26(17)11-8-22-19/h1-6,8-9,11,13,15H,7,10,12H2,(H,24,29). The molecule has 1 saturated heterocycles. The van der Waals surface area contributed by atoms with Crippen molar-refractivity contribution in [1.29, 1.82) is 0 Å². The molecule has 1 aliphatic rings. The van der Waals surface area contributed by atoms with Crippen molar-refractivity contribution in [1.82, 2.24) is 29.5 Å². The van der Waals surface area contributed by atoms with Crippen LogP contribution in [0.15, 0.2) is 61.3 Å². The number of nitrogens with zero attached hydrogens (tertiary/aromatic N) is 6. The van der Waals surface area contributed by atoms with Gasteiger partial charge < -0.3 is 14.6 Å². The van der Waals surface area contributed by atoms with Gasteiger partial charge in [-0.25, -0.2) is 14.6 Å². The van der Waals surface area contributed by atoms with Crippen LogP contribution in [0.3, 0.4) is 0 Å². The van der Waals surface area contributed by atoms with Gasteiger partial charge >= 0.3 is 0 Å². The van der Waals surface area contributed by atoms with E-state index in [1.54, 1.807) is 23.0 Å². The molecule has 0 radical (unpaired) electrons. The lowest BCUT2D eigenvalue weighted by molar-refractivity contribution is 0.0930. The van der Waals surface area contributed by atoms with Crippen LogP contribution in [-0.2, 0) is 0 Å². The number of rotatable bonds is 4. The van der Waals surface area contributed by atoms with Crippen LogP contribution in [0.25, 0.3) is 11.2 Å². The molecule has 1 aliphatic heterocycles. The Morgan fingerprint density at radius 1 is 1.14 bits per heavy atom. The molecule has 1 amide bonds. The molecule has 1 unspecified atom stereocenters. The Bertz CT molecular complexity index is 1170. The van der Waals surface area contributed by atoms with Crippen LogP contribution in [0.2, 0.25) is 5.02 Å². The SMILES string of the molecule is O=C(NC1CCN(c2nccn3cccc23)C1)c1ncn(-c2ccc(Cl)cc2)n1. The van der Waals surface area contributed by atoms with Crippen molar-refractivity contribution in [3.8, 4) is 5.69 Å². The Morgan fingerprint density at radius 2 is 2.00 bits per heavy atom. The summed E-state index contributed by atoms with van der Waals surface area (Å²) in [5.74, 6) is 0.794. The van der Waals surface area contributed by atoms with Gasteiger partial charge in [-0.3, -0.25) is 4.79 Å². The third-order valence-corrected chi connectivity index (χ3v) is 5.29. The minimum Gasteiger partial charge on any atom is -0.353 e. The Balaban J connectivity index is 1.26. The summed E-state index contributed by atoms with van der Waals surface area (Å²) in [6.45, 7) is 1.52. The molecule has 5 rings (SSSR count). The van der Waals surface area contributed by atoms with E-state index in [4.69, 9.17) is 11.6 Å². The molecule has 0 bridgehead atoms. The predicted octanol–water partition coefficient (Wildman–Crippen LogP) is 2.58. The summed E-state index contributed by atoms with van der Waals surface area (Å²) in [6, 6.07) is 11.2. The van der Waals surface area contributed by atoms with Gasteiger partial charge in [-0.2, -0.15) is 0 Å². The maximum atomic E-state index is 12.6. The van der Waals surface area contributed by atoms with Crippen LogP contribution >= 0.6 is 11.6 Å². The van der Waals surface area contributed by atoms with Gasteiger partial charge in [0, 0.05) is 42.7 Å². The molecule has 1 N–H and O–H groups in total. The first-order chi connectivity index (χ1) is 14.2. The van der Waals surface area contributed by atoms with Gasteiger partial charge in [0.2, 0.25) is 5.82 Å². The third kappa shape index (κ3) is 3.42. The van der Waals surface area contributed by atoms with E-state index >= 15 is 0 Å². The lowest BCUT2D eigenvalue weighted by Crippen LogP contribution is -2.37. The van der Waals surface area contributed by atoms with Crippen molar-refractivity contribution in [2.24, 2.45) is 0 Å². The smallest absolute Gasteiger partial charge is 0.291 e. The maximum absolute atomic E-state index is 12.6. The van der Waals surface area contributed by atoms with Gasteiger partial charge in [0.25, 0.3) is 5.91 Å². The molecular formula is C20H18ClN7O. The van der Waals surface area contributed by atoms with Crippen LogP contribution in [0, 0.1) is 0 Å². The van der Waals surface area contributed by atoms with Gasteiger partial charge in [0.1, 0.15) is 6.33 Å². The molecule has 146 valence electrons. The van der Waals surface area contributed by atoms with Crippen molar-refractivity contribution in [3.05, 3.63) is 72.2 Å². The fraction of sp³-hybridized carbons (Fsp3) is 0.200. The Morgan fingerprint density at radius 3 is 2.86 bits per heavy atom. The third-order valence-electron chi connectivity index (χ3n) is 5.04. The highest BCUT2D eigenvalue weighted by molar-refractivity contribution is 6.30. The van der Waals surface area contributed by atoms with E-state index in [1.807, 2.05) is 41.1 Å². The second kappa shape index (κ2) is 7.21. The van der Waals surface area contributed by atoms with Crippen LogP contribution in [0.1, 0.15) is 17.0 Å². The molecule has 4 aromatic rings. The first kappa shape index (κ1) is 17.7. The number of carbonyl (C=O) groups is 1. The van der Waals surface area contributed by atoms with Crippen molar-refractivity contribution >= 4 is 28.8 Å². The lowest BCUT2D eigenvalue weighted by Gasteiger charge is -2.18. The zero-order chi connectivity index (χ0) is 19.8. The van der Waals surface area contributed by atoms with E-state index in [0.717, 1.165) is 30.0 Å². The van der Waals surface area contributed by atoms with Crippen molar-refractivity contribution < 1.29 is 4.79 Å². The fourth-order valence-corrected chi connectivity index (χ4v) is 3.73. The second-order valence-electron chi connectivity index (χ2n) is 6.95. The zero-order valence-electron chi connectivity index (χ0n) is 15.4. The normalized spacial score (nSPS) is 16.4. The number of hydrogen-bond acceptors (Lipinski definition) is 5. The average Bonchev–Trinajstić information content (AvgIpc) is 3.48. The van der Waals surface area contributed by atoms with E-state index in [0.29, 0.717) is 11.6 Å². The topological polar surface area (TPSA) is 80.4 Å². The Labute approximate surface area is 171 Å². The van der Waals surface area contributed by atoms with Gasteiger partial charge in [-0.1, -0.05) is 11.6 Å². The largest absolute Gasteiger partial charge is 0.353 e. The molecule has 1 atom stereocenters. The highest BCUT2D eigenvalue weighted by atomic mass is 35.5. The molecule has 3 aromatic heterocycles. The average molecular weight is 408 g/mol.